The third kappa shape index (κ3) is 4.20. The monoisotopic (exact) mass is 337 g/mol. The van der Waals surface area contributed by atoms with Crippen LogP contribution in [0.5, 0.6) is 0 Å². The molecule has 1 amide bonds. The molecule has 4 nitrogen and oxygen atoms in total. The molecule has 1 aliphatic heterocycles. The molecule has 0 aliphatic carbocycles. The molecule has 0 aromatic heterocycles. The van der Waals surface area contributed by atoms with E-state index in [1.807, 2.05) is 13.0 Å². The molecule has 1 saturated heterocycles. The van der Waals surface area contributed by atoms with E-state index in [0.717, 1.165) is 30.9 Å². The Morgan fingerprint density at radius 3 is 2.32 bits per heavy atom. The molecule has 2 aromatic carbocycles. The van der Waals surface area contributed by atoms with Gasteiger partial charge in [-0.2, -0.15) is 0 Å². The van der Waals surface area contributed by atoms with Crippen molar-refractivity contribution < 1.29 is 4.79 Å². The molecule has 1 aliphatic rings. The average Bonchev–Trinajstić information content (AvgIpc) is 2.61. The Bertz CT molecular complexity index is 680. The number of rotatable bonds is 7. The second-order valence-electron chi connectivity index (χ2n) is 6.67. The van der Waals surface area contributed by atoms with E-state index < -0.39 is 0 Å². The summed E-state index contributed by atoms with van der Waals surface area (Å²) in [6.45, 7) is 7.57. The number of nitrogens with zero attached hydrogens (tertiary/aromatic N) is 1. The highest BCUT2D eigenvalue weighted by atomic mass is 16.1. The molecular formula is C21H27N3O. The van der Waals surface area contributed by atoms with Crippen molar-refractivity contribution in [3.05, 3.63) is 60.2 Å². The summed E-state index contributed by atoms with van der Waals surface area (Å²) in [7, 11) is 0. The quantitative estimate of drug-likeness (QED) is 0.815. The molecule has 1 heterocycles. The fourth-order valence-corrected chi connectivity index (χ4v) is 3.14. The maximum absolute atomic E-state index is 12.2. The number of hydrogen-bond donors (Lipinski definition) is 2. The molecular weight excluding hydrogens is 310 g/mol. The van der Waals surface area contributed by atoms with Crippen molar-refractivity contribution in [1.82, 2.24) is 10.6 Å². The van der Waals surface area contributed by atoms with Crippen LogP contribution < -0.4 is 15.5 Å². The molecule has 0 spiro atoms. The van der Waals surface area contributed by atoms with Crippen molar-refractivity contribution in [3.63, 3.8) is 0 Å². The number of para-hydroxylation sites is 1. The summed E-state index contributed by atoms with van der Waals surface area (Å²) < 4.78 is 0. The molecule has 1 unspecified atom stereocenters. The number of nitrogens with one attached hydrogen (secondary N) is 2. The van der Waals surface area contributed by atoms with Crippen molar-refractivity contribution in [2.45, 2.75) is 20.4 Å². The summed E-state index contributed by atoms with van der Waals surface area (Å²) in [5.41, 5.74) is 3.48. The number of amides is 1. The van der Waals surface area contributed by atoms with Gasteiger partial charge in [0.05, 0.1) is 0 Å². The van der Waals surface area contributed by atoms with E-state index in [1.165, 1.54) is 5.69 Å². The fraction of sp³-hybridized carbons (Fsp3) is 0.381. The Balaban J connectivity index is 1.59. The first-order valence-corrected chi connectivity index (χ1v) is 9.09. The van der Waals surface area contributed by atoms with Gasteiger partial charge >= 0.3 is 0 Å². The van der Waals surface area contributed by atoms with Crippen molar-refractivity contribution >= 4 is 17.3 Å². The first-order chi connectivity index (χ1) is 12.2. The SMILES string of the molecule is CCN(c1ccccc1)c1ccc(CNC(=O)C(C)C2CNC2)cc1. The summed E-state index contributed by atoms with van der Waals surface area (Å²) in [5, 5.41) is 6.28. The van der Waals surface area contributed by atoms with E-state index >= 15 is 0 Å². The van der Waals surface area contributed by atoms with Crippen LogP contribution >= 0.6 is 0 Å². The minimum Gasteiger partial charge on any atom is -0.352 e. The predicted octanol–water partition coefficient (Wildman–Crippen LogP) is 3.32. The van der Waals surface area contributed by atoms with Crippen LogP contribution in [-0.4, -0.2) is 25.5 Å². The standard InChI is InChI=1S/C21H27N3O/c1-3-24(19-7-5-4-6-8-19)20-11-9-17(10-12-20)13-23-21(25)16(2)18-14-22-15-18/h4-12,16,18,22H,3,13-15H2,1-2H3,(H,23,25). The van der Waals surface area contributed by atoms with Crippen molar-refractivity contribution in [3.8, 4) is 0 Å². The van der Waals surface area contributed by atoms with Gasteiger partial charge in [0.15, 0.2) is 0 Å². The van der Waals surface area contributed by atoms with E-state index in [-0.39, 0.29) is 11.8 Å². The molecule has 1 atom stereocenters. The molecule has 0 bridgehead atoms. The Labute approximate surface area is 150 Å². The summed E-state index contributed by atoms with van der Waals surface area (Å²) in [6.07, 6.45) is 0. The van der Waals surface area contributed by atoms with Crippen molar-refractivity contribution in [2.24, 2.45) is 11.8 Å². The fourth-order valence-electron chi connectivity index (χ4n) is 3.14. The maximum Gasteiger partial charge on any atom is 0.223 e. The van der Waals surface area contributed by atoms with Crippen LogP contribution in [0.3, 0.4) is 0 Å². The minimum atomic E-state index is 0.0780. The topological polar surface area (TPSA) is 44.4 Å². The van der Waals surface area contributed by atoms with Gasteiger partial charge in [0.1, 0.15) is 0 Å². The largest absolute Gasteiger partial charge is 0.352 e. The van der Waals surface area contributed by atoms with Gasteiger partial charge in [-0.05, 0) is 55.8 Å². The highest BCUT2D eigenvalue weighted by Crippen LogP contribution is 2.25. The van der Waals surface area contributed by atoms with Gasteiger partial charge in [-0.15, -0.1) is 0 Å². The minimum absolute atomic E-state index is 0.0780. The Morgan fingerprint density at radius 2 is 1.76 bits per heavy atom. The predicted molar refractivity (Wildman–Crippen MR) is 103 cm³/mol. The summed E-state index contributed by atoms with van der Waals surface area (Å²) in [6, 6.07) is 18.8. The van der Waals surface area contributed by atoms with Crippen molar-refractivity contribution in [1.29, 1.82) is 0 Å². The van der Waals surface area contributed by atoms with Gasteiger partial charge < -0.3 is 15.5 Å². The van der Waals surface area contributed by atoms with E-state index in [9.17, 15) is 4.79 Å². The number of anilines is 2. The van der Waals surface area contributed by atoms with Crippen LogP contribution in [0.1, 0.15) is 19.4 Å². The number of carbonyl (C=O) groups is 1. The van der Waals surface area contributed by atoms with Crippen LogP contribution in [-0.2, 0) is 11.3 Å². The number of benzene rings is 2. The van der Waals surface area contributed by atoms with Crippen LogP contribution in [0.4, 0.5) is 11.4 Å². The van der Waals surface area contributed by atoms with Gasteiger partial charge in [0, 0.05) is 30.4 Å². The average molecular weight is 337 g/mol. The lowest BCUT2D eigenvalue weighted by Gasteiger charge is -2.31. The van der Waals surface area contributed by atoms with Gasteiger partial charge in [-0.1, -0.05) is 37.3 Å². The molecule has 0 saturated carbocycles. The Kier molecular flexibility index (Phi) is 5.71. The van der Waals surface area contributed by atoms with E-state index in [0.29, 0.717) is 12.5 Å². The van der Waals surface area contributed by atoms with Gasteiger partial charge in [0.25, 0.3) is 0 Å². The molecule has 0 radical (unpaired) electrons. The van der Waals surface area contributed by atoms with Gasteiger partial charge in [-0.25, -0.2) is 0 Å². The second-order valence-corrected chi connectivity index (χ2v) is 6.67. The zero-order valence-electron chi connectivity index (χ0n) is 15.0. The highest BCUT2D eigenvalue weighted by Gasteiger charge is 2.28. The van der Waals surface area contributed by atoms with E-state index in [1.54, 1.807) is 0 Å². The van der Waals surface area contributed by atoms with Gasteiger partial charge in [-0.3, -0.25) is 4.79 Å². The van der Waals surface area contributed by atoms with E-state index in [2.05, 4.69) is 71.0 Å². The van der Waals surface area contributed by atoms with Crippen molar-refractivity contribution in [2.75, 3.05) is 24.5 Å². The zero-order chi connectivity index (χ0) is 17.6. The summed E-state index contributed by atoms with van der Waals surface area (Å²) >= 11 is 0. The maximum atomic E-state index is 12.2. The highest BCUT2D eigenvalue weighted by molar-refractivity contribution is 5.78. The summed E-state index contributed by atoms with van der Waals surface area (Å²) in [5.74, 6) is 0.704. The van der Waals surface area contributed by atoms with E-state index in [4.69, 9.17) is 0 Å². The molecule has 1 fully saturated rings. The Morgan fingerprint density at radius 1 is 1.12 bits per heavy atom. The lowest BCUT2D eigenvalue weighted by atomic mass is 9.88. The second kappa shape index (κ2) is 8.17. The van der Waals surface area contributed by atoms with Crippen LogP contribution in [0.15, 0.2) is 54.6 Å². The third-order valence-corrected chi connectivity index (χ3v) is 5.03. The number of hydrogen-bond acceptors (Lipinski definition) is 3. The first-order valence-electron chi connectivity index (χ1n) is 9.09. The van der Waals surface area contributed by atoms with Crippen LogP contribution in [0.25, 0.3) is 0 Å². The molecule has 132 valence electrons. The molecule has 3 rings (SSSR count). The number of carbonyl (C=O) groups excluding carboxylic acids is 1. The third-order valence-electron chi connectivity index (χ3n) is 5.03. The normalized spacial score (nSPS) is 15.3. The molecule has 4 heteroatoms. The first kappa shape index (κ1) is 17.5. The zero-order valence-corrected chi connectivity index (χ0v) is 15.0. The lowest BCUT2D eigenvalue weighted by Crippen LogP contribution is -2.49. The summed E-state index contributed by atoms with van der Waals surface area (Å²) in [4.78, 5) is 14.5. The van der Waals surface area contributed by atoms with Crippen LogP contribution in [0.2, 0.25) is 0 Å². The molecule has 2 N–H and O–H groups in total. The van der Waals surface area contributed by atoms with Crippen LogP contribution in [0, 0.1) is 11.8 Å². The molecule has 2 aromatic rings. The smallest absolute Gasteiger partial charge is 0.223 e. The van der Waals surface area contributed by atoms with Gasteiger partial charge in [0.2, 0.25) is 5.91 Å². The lowest BCUT2D eigenvalue weighted by molar-refractivity contribution is -0.126. The Hall–Kier alpha value is -2.33. The molecule has 25 heavy (non-hydrogen) atoms.